The molecule has 110 valence electrons. The van der Waals surface area contributed by atoms with E-state index in [9.17, 15) is 4.79 Å². The van der Waals surface area contributed by atoms with Crippen LogP contribution >= 0.6 is 11.6 Å². The Morgan fingerprint density at radius 1 is 1.24 bits per heavy atom. The van der Waals surface area contributed by atoms with E-state index in [0.717, 1.165) is 18.5 Å². The molecule has 1 heterocycles. The van der Waals surface area contributed by atoms with E-state index in [4.69, 9.17) is 11.6 Å². The molecule has 0 aliphatic rings. The summed E-state index contributed by atoms with van der Waals surface area (Å²) in [5.41, 5.74) is 1.57. The Labute approximate surface area is 129 Å². The van der Waals surface area contributed by atoms with Crippen molar-refractivity contribution in [2.45, 2.75) is 26.2 Å². The molecule has 0 aliphatic heterocycles. The minimum Gasteiger partial charge on any atom is -0.340 e. The number of carbonyl (C=O) groups is 1. The van der Waals surface area contributed by atoms with Gasteiger partial charge in [0.15, 0.2) is 0 Å². The topological polar surface area (TPSA) is 54.0 Å². The molecule has 0 saturated carbocycles. The zero-order valence-electron chi connectivity index (χ0n) is 11.9. The lowest BCUT2D eigenvalue weighted by molar-refractivity contribution is -0.116. The lowest BCUT2D eigenvalue weighted by Crippen LogP contribution is -2.11. The van der Waals surface area contributed by atoms with E-state index in [2.05, 4.69) is 22.5 Å². The number of hydrogen-bond acceptors (Lipinski definition) is 3. The number of aromatic nitrogens is 1. The minimum absolute atomic E-state index is 0.0224. The lowest BCUT2D eigenvalue weighted by atomic mass is 10.2. The van der Waals surface area contributed by atoms with Crippen LogP contribution in [0.15, 0.2) is 42.6 Å². The molecule has 0 fully saturated rings. The molecule has 0 unspecified atom stereocenters. The molecule has 0 bridgehead atoms. The monoisotopic (exact) mass is 303 g/mol. The number of benzene rings is 1. The Morgan fingerprint density at radius 2 is 2.10 bits per heavy atom. The lowest BCUT2D eigenvalue weighted by Gasteiger charge is -2.08. The number of anilines is 3. The predicted molar refractivity (Wildman–Crippen MR) is 87.1 cm³/mol. The maximum atomic E-state index is 11.6. The van der Waals surface area contributed by atoms with E-state index in [1.807, 2.05) is 36.4 Å². The molecule has 0 aliphatic carbocycles. The molecule has 1 amide bonds. The number of nitrogens with one attached hydrogen (secondary N) is 2. The summed E-state index contributed by atoms with van der Waals surface area (Å²) >= 11 is 5.93. The van der Waals surface area contributed by atoms with E-state index in [1.54, 1.807) is 6.20 Å². The van der Waals surface area contributed by atoms with Crippen molar-refractivity contribution in [3.05, 3.63) is 47.6 Å². The first-order valence-electron chi connectivity index (χ1n) is 6.96. The third-order valence-corrected chi connectivity index (χ3v) is 3.14. The highest BCUT2D eigenvalue weighted by Crippen LogP contribution is 2.19. The van der Waals surface area contributed by atoms with Crippen LogP contribution in [0.2, 0.25) is 5.02 Å². The van der Waals surface area contributed by atoms with Gasteiger partial charge in [0.05, 0.1) is 11.9 Å². The molecule has 2 rings (SSSR count). The van der Waals surface area contributed by atoms with Crippen LogP contribution in [0, 0.1) is 0 Å². The molecule has 2 N–H and O–H groups in total. The number of pyridine rings is 1. The molecule has 0 atom stereocenters. The van der Waals surface area contributed by atoms with Crippen LogP contribution in [0.3, 0.4) is 0 Å². The first-order valence-corrected chi connectivity index (χ1v) is 7.33. The van der Waals surface area contributed by atoms with Gasteiger partial charge in [-0.3, -0.25) is 4.79 Å². The third-order valence-electron chi connectivity index (χ3n) is 2.90. The van der Waals surface area contributed by atoms with Gasteiger partial charge >= 0.3 is 0 Å². The van der Waals surface area contributed by atoms with E-state index < -0.39 is 0 Å². The number of amides is 1. The number of nitrogens with zero attached hydrogens (tertiary/aromatic N) is 1. The number of rotatable bonds is 6. The van der Waals surface area contributed by atoms with E-state index in [0.29, 0.717) is 22.9 Å². The summed E-state index contributed by atoms with van der Waals surface area (Å²) in [5.74, 6) is 0.720. The minimum atomic E-state index is 0.0224. The quantitative estimate of drug-likeness (QED) is 0.819. The zero-order chi connectivity index (χ0) is 15.1. The van der Waals surface area contributed by atoms with Gasteiger partial charge in [-0.1, -0.05) is 31.0 Å². The van der Waals surface area contributed by atoms with E-state index in [-0.39, 0.29) is 5.91 Å². The molecule has 5 heteroatoms. The smallest absolute Gasteiger partial charge is 0.224 e. The van der Waals surface area contributed by atoms with Crippen molar-refractivity contribution in [3.63, 3.8) is 0 Å². The highest BCUT2D eigenvalue weighted by atomic mass is 35.5. The maximum Gasteiger partial charge on any atom is 0.224 e. The average Bonchev–Trinajstić information content (AvgIpc) is 2.47. The summed E-state index contributed by atoms with van der Waals surface area (Å²) in [5, 5.41) is 6.64. The first kappa shape index (κ1) is 15.3. The fraction of sp³-hybridized carbons (Fsp3) is 0.250. The van der Waals surface area contributed by atoms with Crippen molar-refractivity contribution >= 4 is 34.7 Å². The summed E-state index contributed by atoms with van der Waals surface area (Å²) in [6.45, 7) is 2.06. The Kier molecular flexibility index (Phi) is 5.58. The fourth-order valence-electron chi connectivity index (χ4n) is 1.82. The van der Waals surface area contributed by atoms with Crippen LogP contribution < -0.4 is 10.6 Å². The van der Waals surface area contributed by atoms with Crippen LogP contribution in [0.25, 0.3) is 0 Å². The molecular formula is C16H18ClN3O. The Bertz CT molecular complexity index is 599. The summed E-state index contributed by atoms with van der Waals surface area (Å²) in [4.78, 5) is 15.9. The third kappa shape index (κ3) is 5.08. The molecule has 21 heavy (non-hydrogen) atoms. The van der Waals surface area contributed by atoms with Crippen LogP contribution in [0.5, 0.6) is 0 Å². The largest absolute Gasteiger partial charge is 0.340 e. The fourth-order valence-corrected chi connectivity index (χ4v) is 2.01. The second-order valence-electron chi connectivity index (χ2n) is 4.72. The normalized spacial score (nSPS) is 10.2. The molecule has 1 aromatic carbocycles. The second-order valence-corrected chi connectivity index (χ2v) is 5.16. The molecule has 0 saturated heterocycles. The van der Waals surface area contributed by atoms with E-state index >= 15 is 0 Å². The Balaban J connectivity index is 1.94. The van der Waals surface area contributed by atoms with Gasteiger partial charge in [-0.2, -0.15) is 0 Å². The van der Waals surface area contributed by atoms with Gasteiger partial charge < -0.3 is 10.6 Å². The molecule has 1 aromatic heterocycles. The zero-order valence-corrected chi connectivity index (χ0v) is 12.7. The predicted octanol–water partition coefficient (Wildman–Crippen LogP) is 4.61. The van der Waals surface area contributed by atoms with Gasteiger partial charge in [0, 0.05) is 17.1 Å². The Morgan fingerprint density at radius 3 is 2.76 bits per heavy atom. The summed E-state index contributed by atoms with van der Waals surface area (Å²) in [7, 11) is 0. The van der Waals surface area contributed by atoms with Crippen LogP contribution in [0.4, 0.5) is 17.2 Å². The number of halogens is 1. The van der Waals surface area contributed by atoms with E-state index in [1.165, 1.54) is 0 Å². The molecule has 2 aromatic rings. The van der Waals surface area contributed by atoms with Gasteiger partial charge in [-0.25, -0.2) is 4.98 Å². The van der Waals surface area contributed by atoms with Crippen molar-refractivity contribution in [3.8, 4) is 0 Å². The average molecular weight is 304 g/mol. The Hall–Kier alpha value is -2.07. The van der Waals surface area contributed by atoms with Gasteiger partial charge in [-0.05, 0) is 36.8 Å². The summed E-state index contributed by atoms with van der Waals surface area (Å²) in [6, 6.07) is 11.1. The van der Waals surface area contributed by atoms with Crippen LogP contribution in [-0.2, 0) is 4.79 Å². The summed E-state index contributed by atoms with van der Waals surface area (Å²) in [6.07, 6.45) is 4.08. The molecular weight excluding hydrogens is 286 g/mol. The second kappa shape index (κ2) is 7.64. The number of hydrogen-bond donors (Lipinski definition) is 2. The molecule has 0 spiro atoms. The van der Waals surface area contributed by atoms with Crippen LogP contribution in [-0.4, -0.2) is 10.9 Å². The van der Waals surface area contributed by atoms with Gasteiger partial charge in [-0.15, -0.1) is 0 Å². The van der Waals surface area contributed by atoms with Crippen LogP contribution in [0.1, 0.15) is 26.2 Å². The SMILES string of the molecule is CCCCC(=O)Nc1ccc(Nc2cccc(Cl)c2)nc1. The summed E-state index contributed by atoms with van der Waals surface area (Å²) < 4.78 is 0. The standard InChI is InChI=1S/C16H18ClN3O/c1-2-3-7-16(21)20-14-8-9-15(18-11-14)19-13-6-4-5-12(17)10-13/h4-6,8-11H,2-3,7H2,1H3,(H,18,19)(H,20,21). The maximum absolute atomic E-state index is 11.6. The highest BCUT2D eigenvalue weighted by Gasteiger charge is 2.02. The van der Waals surface area contributed by atoms with Crippen molar-refractivity contribution in [2.24, 2.45) is 0 Å². The van der Waals surface area contributed by atoms with Crippen molar-refractivity contribution < 1.29 is 4.79 Å². The first-order chi connectivity index (χ1) is 10.2. The van der Waals surface area contributed by atoms with Gasteiger partial charge in [0.25, 0.3) is 0 Å². The van der Waals surface area contributed by atoms with Crippen molar-refractivity contribution in [1.29, 1.82) is 0 Å². The number of unbranched alkanes of at least 4 members (excludes halogenated alkanes) is 1. The van der Waals surface area contributed by atoms with Gasteiger partial charge in [0.2, 0.25) is 5.91 Å². The number of carbonyl (C=O) groups excluding carboxylic acids is 1. The van der Waals surface area contributed by atoms with Gasteiger partial charge in [0.1, 0.15) is 5.82 Å². The molecule has 4 nitrogen and oxygen atoms in total. The van der Waals surface area contributed by atoms with Crippen molar-refractivity contribution in [2.75, 3.05) is 10.6 Å². The van der Waals surface area contributed by atoms with Crippen molar-refractivity contribution in [1.82, 2.24) is 4.98 Å². The highest BCUT2D eigenvalue weighted by molar-refractivity contribution is 6.30. The molecule has 0 radical (unpaired) electrons.